The molecule has 2 aliphatic rings. The molecule has 2 heterocycles. The Morgan fingerprint density at radius 3 is 2.35 bits per heavy atom. The minimum atomic E-state index is 0.571. The van der Waals surface area contributed by atoms with E-state index in [1.54, 1.807) is 0 Å². The molecular formula is C15H18N4S. The predicted octanol–water partition coefficient (Wildman–Crippen LogP) is 2.88. The number of rotatable bonds is 2. The molecule has 2 aromatic rings. The van der Waals surface area contributed by atoms with Crippen molar-refractivity contribution in [1.82, 2.24) is 14.8 Å². The molecule has 1 N–H and O–H groups in total. The molecule has 0 amide bonds. The first kappa shape index (κ1) is 12.1. The van der Waals surface area contributed by atoms with Crippen molar-refractivity contribution in [1.29, 1.82) is 0 Å². The van der Waals surface area contributed by atoms with E-state index in [0.29, 0.717) is 6.04 Å². The topological polar surface area (TPSA) is 36.9 Å². The molecule has 4 rings (SSSR count). The summed E-state index contributed by atoms with van der Waals surface area (Å²) in [5.74, 6) is 1.03. The average Bonchev–Trinajstić information content (AvgIpc) is 3.26. The molecule has 0 atom stereocenters. The maximum absolute atomic E-state index is 5.38. The Morgan fingerprint density at radius 2 is 1.75 bits per heavy atom. The van der Waals surface area contributed by atoms with Gasteiger partial charge in [-0.15, -0.1) is 5.10 Å². The van der Waals surface area contributed by atoms with E-state index in [1.165, 1.54) is 24.0 Å². The number of anilines is 1. The maximum atomic E-state index is 5.38. The number of nitrogens with zero attached hydrogens (tertiary/aromatic N) is 3. The molecule has 5 heteroatoms. The zero-order chi connectivity index (χ0) is 13.5. The van der Waals surface area contributed by atoms with Crippen molar-refractivity contribution in [3.63, 3.8) is 0 Å². The third-order valence-electron chi connectivity index (χ3n) is 4.30. The molecular weight excluding hydrogens is 268 g/mol. The van der Waals surface area contributed by atoms with Crippen molar-refractivity contribution < 1.29 is 0 Å². The highest BCUT2D eigenvalue weighted by atomic mass is 32.1. The van der Waals surface area contributed by atoms with Gasteiger partial charge in [-0.3, -0.25) is 4.57 Å². The molecule has 0 unspecified atom stereocenters. The fourth-order valence-electron chi connectivity index (χ4n) is 3.05. The summed E-state index contributed by atoms with van der Waals surface area (Å²) in [5, 5.41) is 7.45. The van der Waals surface area contributed by atoms with Crippen LogP contribution < -0.4 is 4.90 Å². The Bertz CT molecular complexity index is 656. The van der Waals surface area contributed by atoms with Crippen molar-refractivity contribution in [2.75, 3.05) is 18.0 Å². The van der Waals surface area contributed by atoms with Crippen LogP contribution in [0.5, 0.6) is 0 Å². The number of H-pyrrole nitrogens is 1. The molecule has 4 nitrogen and oxygen atoms in total. The molecule has 1 saturated carbocycles. The van der Waals surface area contributed by atoms with Crippen LogP contribution in [0.4, 0.5) is 5.95 Å². The highest BCUT2D eigenvalue weighted by Crippen LogP contribution is 2.38. The second-order valence-corrected chi connectivity index (χ2v) is 6.07. The number of hydrogen-bond donors (Lipinski definition) is 1. The maximum Gasteiger partial charge on any atom is 0.226 e. The van der Waals surface area contributed by atoms with Crippen LogP contribution in [-0.4, -0.2) is 27.9 Å². The number of aromatic amines is 1. The number of fused-ring (bicyclic) bond motifs is 1. The van der Waals surface area contributed by atoms with E-state index in [2.05, 4.69) is 43.9 Å². The van der Waals surface area contributed by atoms with Gasteiger partial charge in [-0.1, -0.05) is 24.3 Å². The molecule has 1 aromatic heterocycles. The molecule has 0 spiro atoms. The van der Waals surface area contributed by atoms with Crippen LogP contribution >= 0.6 is 12.2 Å². The van der Waals surface area contributed by atoms with E-state index in [9.17, 15) is 0 Å². The molecule has 1 aromatic carbocycles. The summed E-state index contributed by atoms with van der Waals surface area (Å²) < 4.78 is 2.98. The largest absolute Gasteiger partial charge is 0.340 e. The van der Waals surface area contributed by atoms with Gasteiger partial charge in [-0.05, 0) is 49.0 Å². The van der Waals surface area contributed by atoms with Gasteiger partial charge in [0.15, 0.2) is 4.77 Å². The lowest BCUT2D eigenvalue weighted by atomic mass is 10.0. The number of hydrogen-bond acceptors (Lipinski definition) is 3. The minimum absolute atomic E-state index is 0.571. The Hall–Kier alpha value is -1.62. The minimum Gasteiger partial charge on any atom is -0.340 e. The molecule has 0 radical (unpaired) electrons. The standard InChI is InChI=1S/C15H18N4S/c20-15-17-16-14(19(15)13-5-6-13)18-9-7-11-3-1-2-4-12(11)8-10-18/h1-4,13H,5-10H2,(H,17,20). The molecule has 0 saturated heterocycles. The fraction of sp³-hybridized carbons (Fsp3) is 0.467. The first-order chi connectivity index (χ1) is 9.83. The lowest BCUT2D eigenvalue weighted by Gasteiger charge is -2.21. The second-order valence-electron chi connectivity index (χ2n) is 5.69. The summed E-state index contributed by atoms with van der Waals surface area (Å²) in [6.45, 7) is 2.03. The summed E-state index contributed by atoms with van der Waals surface area (Å²) in [4.78, 5) is 2.38. The van der Waals surface area contributed by atoms with Crippen LogP contribution in [0.2, 0.25) is 0 Å². The Morgan fingerprint density at radius 1 is 1.10 bits per heavy atom. The predicted molar refractivity (Wildman–Crippen MR) is 81.7 cm³/mol. The Kier molecular flexibility index (Phi) is 2.88. The summed E-state index contributed by atoms with van der Waals surface area (Å²) in [6.07, 6.45) is 4.63. The molecule has 1 aliphatic carbocycles. The Balaban J connectivity index is 1.64. The number of benzene rings is 1. The molecule has 20 heavy (non-hydrogen) atoms. The van der Waals surface area contributed by atoms with Gasteiger partial charge in [0.2, 0.25) is 5.95 Å². The van der Waals surface area contributed by atoms with Gasteiger partial charge in [0, 0.05) is 19.1 Å². The van der Waals surface area contributed by atoms with Gasteiger partial charge in [0.25, 0.3) is 0 Å². The van der Waals surface area contributed by atoms with Crippen LogP contribution in [0.1, 0.15) is 30.0 Å². The van der Waals surface area contributed by atoms with Gasteiger partial charge < -0.3 is 4.90 Å². The van der Waals surface area contributed by atoms with E-state index in [4.69, 9.17) is 12.2 Å². The highest BCUT2D eigenvalue weighted by molar-refractivity contribution is 7.71. The van der Waals surface area contributed by atoms with E-state index in [0.717, 1.165) is 36.7 Å². The SMILES string of the molecule is S=c1[nH]nc(N2CCc3ccccc3CC2)n1C1CC1. The number of nitrogens with one attached hydrogen (secondary N) is 1. The van der Waals surface area contributed by atoms with Gasteiger partial charge >= 0.3 is 0 Å². The van der Waals surface area contributed by atoms with Crippen molar-refractivity contribution in [3.8, 4) is 0 Å². The third-order valence-corrected chi connectivity index (χ3v) is 4.59. The van der Waals surface area contributed by atoms with Crippen molar-refractivity contribution in [2.45, 2.75) is 31.7 Å². The summed E-state index contributed by atoms with van der Waals surface area (Å²) >= 11 is 5.38. The van der Waals surface area contributed by atoms with Crippen LogP contribution in [0.25, 0.3) is 0 Å². The van der Waals surface area contributed by atoms with E-state index in [1.807, 2.05) is 0 Å². The first-order valence-corrected chi connectivity index (χ1v) is 7.72. The van der Waals surface area contributed by atoms with Gasteiger partial charge in [0.05, 0.1) is 0 Å². The fourth-order valence-corrected chi connectivity index (χ4v) is 3.33. The Labute approximate surface area is 123 Å². The van der Waals surface area contributed by atoms with Crippen LogP contribution in [0, 0.1) is 4.77 Å². The highest BCUT2D eigenvalue weighted by Gasteiger charge is 2.29. The van der Waals surface area contributed by atoms with E-state index in [-0.39, 0.29) is 0 Å². The number of aromatic nitrogens is 3. The van der Waals surface area contributed by atoms with Gasteiger partial charge in [-0.25, -0.2) is 5.10 Å². The first-order valence-electron chi connectivity index (χ1n) is 7.31. The van der Waals surface area contributed by atoms with Gasteiger partial charge in [0.1, 0.15) is 0 Å². The zero-order valence-electron chi connectivity index (χ0n) is 11.4. The molecule has 104 valence electrons. The van der Waals surface area contributed by atoms with Crippen molar-refractivity contribution >= 4 is 18.2 Å². The van der Waals surface area contributed by atoms with E-state index < -0.39 is 0 Å². The average molecular weight is 286 g/mol. The van der Waals surface area contributed by atoms with Crippen molar-refractivity contribution in [2.24, 2.45) is 0 Å². The molecule has 1 aliphatic heterocycles. The summed E-state index contributed by atoms with van der Waals surface area (Å²) in [5.41, 5.74) is 2.95. The summed E-state index contributed by atoms with van der Waals surface area (Å²) in [7, 11) is 0. The van der Waals surface area contributed by atoms with E-state index >= 15 is 0 Å². The van der Waals surface area contributed by atoms with Crippen LogP contribution in [0.3, 0.4) is 0 Å². The zero-order valence-corrected chi connectivity index (χ0v) is 12.2. The molecule has 0 bridgehead atoms. The second kappa shape index (κ2) is 4.74. The lowest BCUT2D eigenvalue weighted by molar-refractivity contribution is 0.678. The smallest absolute Gasteiger partial charge is 0.226 e. The van der Waals surface area contributed by atoms with Crippen molar-refractivity contribution in [3.05, 3.63) is 40.2 Å². The third kappa shape index (κ3) is 2.06. The quantitative estimate of drug-likeness (QED) is 0.863. The monoisotopic (exact) mass is 286 g/mol. The van der Waals surface area contributed by atoms with Gasteiger partial charge in [-0.2, -0.15) is 0 Å². The molecule has 1 fully saturated rings. The van der Waals surface area contributed by atoms with Crippen LogP contribution in [-0.2, 0) is 12.8 Å². The van der Waals surface area contributed by atoms with Crippen LogP contribution in [0.15, 0.2) is 24.3 Å². The summed E-state index contributed by atoms with van der Waals surface area (Å²) in [6, 6.07) is 9.33. The lowest BCUT2D eigenvalue weighted by Crippen LogP contribution is -2.29. The normalized spacial score (nSPS) is 18.7.